The summed E-state index contributed by atoms with van der Waals surface area (Å²) in [5.41, 5.74) is 5.43. The van der Waals surface area contributed by atoms with Crippen LogP contribution < -0.4 is 5.73 Å². The summed E-state index contributed by atoms with van der Waals surface area (Å²) in [6.07, 6.45) is 2.81. The molecule has 1 amide bonds. The van der Waals surface area contributed by atoms with Gasteiger partial charge >= 0.3 is 0 Å². The Hall–Kier alpha value is -1.32. The number of nitrogens with zero attached hydrogens (tertiary/aromatic N) is 1. The summed E-state index contributed by atoms with van der Waals surface area (Å²) < 4.78 is 4.60. The lowest BCUT2D eigenvalue weighted by Crippen LogP contribution is -2.13. The summed E-state index contributed by atoms with van der Waals surface area (Å²) in [5, 5.41) is 0. The summed E-state index contributed by atoms with van der Waals surface area (Å²) in [6, 6.07) is 0. The third kappa shape index (κ3) is 1.56. The maximum Gasteiger partial charge on any atom is 0.223 e. The number of hydrogen-bond acceptors (Lipinski definition) is 3. The summed E-state index contributed by atoms with van der Waals surface area (Å²) in [6.45, 7) is 0. The molecule has 1 heterocycles. The minimum atomic E-state index is -0.399. The van der Waals surface area contributed by atoms with Crippen molar-refractivity contribution in [3.63, 3.8) is 0 Å². The maximum atomic E-state index is 10.2. The predicted octanol–water partition coefficient (Wildman–Crippen LogP) is -0.298. The molecule has 0 aliphatic heterocycles. The second-order valence-electron chi connectivity index (χ2n) is 1.62. The van der Waals surface area contributed by atoms with Gasteiger partial charge in [-0.3, -0.25) is 4.79 Å². The maximum absolute atomic E-state index is 10.2. The highest BCUT2D eigenvalue weighted by Gasteiger charge is 1.98. The van der Waals surface area contributed by atoms with Crippen LogP contribution in [0.15, 0.2) is 17.1 Å². The van der Waals surface area contributed by atoms with E-state index in [0.29, 0.717) is 5.69 Å². The van der Waals surface area contributed by atoms with Crippen LogP contribution in [0, 0.1) is 0 Å². The van der Waals surface area contributed by atoms with Crippen molar-refractivity contribution in [2.75, 3.05) is 0 Å². The Morgan fingerprint density at radius 1 is 1.89 bits per heavy atom. The number of aromatic nitrogens is 1. The molecule has 9 heavy (non-hydrogen) atoms. The fraction of sp³-hybridized carbons (Fsp3) is 0.200. The number of amides is 1. The highest BCUT2D eigenvalue weighted by atomic mass is 16.3. The Balaban J connectivity index is 2.58. The molecule has 0 spiro atoms. The lowest BCUT2D eigenvalue weighted by Gasteiger charge is -1.84. The lowest BCUT2D eigenvalue weighted by atomic mass is 10.3. The van der Waals surface area contributed by atoms with Crippen LogP contribution in [0.2, 0.25) is 0 Å². The zero-order valence-corrected chi connectivity index (χ0v) is 4.70. The molecule has 1 aromatic heterocycles. The van der Waals surface area contributed by atoms with Gasteiger partial charge in [0.25, 0.3) is 0 Å². The molecule has 0 aliphatic rings. The number of primary amides is 1. The molecule has 0 fully saturated rings. The van der Waals surface area contributed by atoms with Crippen molar-refractivity contribution in [2.45, 2.75) is 6.42 Å². The van der Waals surface area contributed by atoms with Crippen LogP contribution in [-0.2, 0) is 11.2 Å². The SMILES string of the molecule is NC(=O)Cc1cocn1. The highest BCUT2D eigenvalue weighted by Crippen LogP contribution is 1.93. The number of oxazole rings is 1. The summed E-state index contributed by atoms with van der Waals surface area (Å²) >= 11 is 0. The van der Waals surface area contributed by atoms with Crippen molar-refractivity contribution in [1.29, 1.82) is 0 Å². The van der Waals surface area contributed by atoms with Crippen LogP contribution >= 0.6 is 0 Å². The lowest BCUT2D eigenvalue weighted by molar-refractivity contribution is -0.117. The molecule has 0 saturated carbocycles. The predicted molar refractivity (Wildman–Crippen MR) is 29.4 cm³/mol. The second-order valence-corrected chi connectivity index (χ2v) is 1.62. The average Bonchev–Trinajstić information content (AvgIpc) is 2.15. The first-order valence-corrected chi connectivity index (χ1v) is 2.44. The minimum Gasteiger partial charge on any atom is -0.451 e. The van der Waals surface area contributed by atoms with Gasteiger partial charge in [-0.1, -0.05) is 0 Å². The van der Waals surface area contributed by atoms with Crippen molar-refractivity contribution in [3.05, 3.63) is 18.4 Å². The van der Waals surface area contributed by atoms with Crippen molar-refractivity contribution < 1.29 is 9.21 Å². The molecule has 1 aromatic rings. The van der Waals surface area contributed by atoms with E-state index in [1.807, 2.05) is 0 Å². The quantitative estimate of drug-likeness (QED) is 0.591. The van der Waals surface area contributed by atoms with Gasteiger partial charge in [-0.25, -0.2) is 4.98 Å². The monoisotopic (exact) mass is 126 g/mol. The number of nitrogens with two attached hydrogens (primary N) is 1. The largest absolute Gasteiger partial charge is 0.451 e. The van der Waals surface area contributed by atoms with E-state index in [9.17, 15) is 4.79 Å². The molecular weight excluding hydrogens is 120 g/mol. The van der Waals surface area contributed by atoms with Gasteiger partial charge < -0.3 is 10.2 Å². The fourth-order valence-electron chi connectivity index (χ4n) is 0.503. The van der Waals surface area contributed by atoms with Crippen LogP contribution in [0.25, 0.3) is 0 Å². The normalized spacial score (nSPS) is 9.33. The fourth-order valence-corrected chi connectivity index (χ4v) is 0.503. The Labute approximate surface area is 51.7 Å². The van der Waals surface area contributed by atoms with E-state index in [0.717, 1.165) is 0 Å². The molecule has 0 aromatic carbocycles. The summed E-state index contributed by atoms with van der Waals surface area (Å²) in [7, 11) is 0. The Morgan fingerprint density at radius 2 is 2.67 bits per heavy atom. The zero-order valence-electron chi connectivity index (χ0n) is 4.70. The Morgan fingerprint density at radius 3 is 3.11 bits per heavy atom. The molecule has 1 rings (SSSR count). The molecule has 0 aliphatic carbocycles. The van der Waals surface area contributed by atoms with Crippen molar-refractivity contribution >= 4 is 5.91 Å². The zero-order chi connectivity index (χ0) is 6.69. The number of carbonyl (C=O) groups excluding carboxylic acids is 1. The summed E-state index contributed by atoms with van der Waals surface area (Å²) in [5.74, 6) is -0.399. The molecule has 0 bridgehead atoms. The van der Waals surface area contributed by atoms with E-state index in [4.69, 9.17) is 5.73 Å². The first-order chi connectivity index (χ1) is 4.29. The molecule has 0 unspecified atom stereocenters. The topological polar surface area (TPSA) is 69.1 Å². The van der Waals surface area contributed by atoms with E-state index in [-0.39, 0.29) is 6.42 Å². The third-order valence-electron chi connectivity index (χ3n) is 0.839. The molecule has 0 radical (unpaired) electrons. The van der Waals surface area contributed by atoms with Gasteiger partial charge in [0.1, 0.15) is 6.26 Å². The van der Waals surface area contributed by atoms with Crippen LogP contribution in [-0.4, -0.2) is 10.9 Å². The Bertz CT molecular complexity index is 193. The van der Waals surface area contributed by atoms with Gasteiger partial charge in [-0.15, -0.1) is 0 Å². The molecule has 48 valence electrons. The Kier molecular flexibility index (Phi) is 1.48. The number of hydrogen-bond donors (Lipinski definition) is 1. The van der Waals surface area contributed by atoms with E-state index < -0.39 is 5.91 Å². The van der Waals surface area contributed by atoms with Gasteiger partial charge in [0, 0.05) is 0 Å². The van der Waals surface area contributed by atoms with Crippen LogP contribution in [0.3, 0.4) is 0 Å². The van der Waals surface area contributed by atoms with E-state index in [2.05, 4.69) is 9.40 Å². The van der Waals surface area contributed by atoms with E-state index >= 15 is 0 Å². The summed E-state index contributed by atoms with van der Waals surface area (Å²) in [4.78, 5) is 13.9. The number of carbonyl (C=O) groups is 1. The molecular formula is C5H6N2O2. The smallest absolute Gasteiger partial charge is 0.223 e. The van der Waals surface area contributed by atoms with E-state index in [1.165, 1.54) is 12.7 Å². The van der Waals surface area contributed by atoms with Crippen molar-refractivity contribution in [3.8, 4) is 0 Å². The highest BCUT2D eigenvalue weighted by molar-refractivity contribution is 5.75. The van der Waals surface area contributed by atoms with Gasteiger partial charge in [-0.2, -0.15) is 0 Å². The van der Waals surface area contributed by atoms with Gasteiger partial charge in [0.2, 0.25) is 5.91 Å². The molecule has 4 nitrogen and oxygen atoms in total. The number of rotatable bonds is 2. The molecule has 4 heteroatoms. The first-order valence-electron chi connectivity index (χ1n) is 2.44. The van der Waals surface area contributed by atoms with Crippen LogP contribution in [0.5, 0.6) is 0 Å². The first kappa shape index (κ1) is 5.81. The van der Waals surface area contributed by atoms with E-state index in [1.54, 1.807) is 0 Å². The van der Waals surface area contributed by atoms with Gasteiger partial charge in [-0.05, 0) is 0 Å². The van der Waals surface area contributed by atoms with Crippen molar-refractivity contribution in [1.82, 2.24) is 4.98 Å². The average molecular weight is 126 g/mol. The molecule has 2 N–H and O–H groups in total. The minimum absolute atomic E-state index is 0.149. The van der Waals surface area contributed by atoms with Gasteiger partial charge in [0.05, 0.1) is 12.1 Å². The van der Waals surface area contributed by atoms with Crippen molar-refractivity contribution in [2.24, 2.45) is 5.73 Å². The standard InChI is InChI=1S/C5H6N2O2/c6-5(8)1-4-2-9-3-7-4/h2-3H,1H2,(H2,6,8). The molecule has 0 atom stereocenters. The molecule has 0 saturated heterocycles. The van der Waals surface area contributed by atoms with Crippen LogP contribution in [0.1, 0.15) is 5.69 Å². The second kappa shape index (κ2) is 2.30. The van der Waals surface area contributed by atoms with Gasteiger partial charge in [0.15, 0.2) is 6.39 Å². The third-order valence-corrected chi connectivity index (χ3v) is 0.839. The van der Waals surface area contributed by atoms with Crippen LogP contribution in [0.4, 0.5) is 0 Å².